The van der Waals surface area contributed by atoms with E-state index in [1.807, 2.05) is 22.7 Å². The third kappa shape index (κ3) is 17.6. The zero-order chi connectivity index (χ0) is 55.6. The van der Waals surface area contributed by atoms with Gasteiger partial charge in [0.2, 0.25) is 0 Å². The minimum Gasteiger partial charge on any atom is -0.311 e. The number of anilines is 3. The van der Waals surface area contributed by atoms with Crippen LogP contribution in [0, 0.1) is 45.3 Å². The van der Waals surface area contributed by atoms with Crippen LogP contribution in [0.4, 0.5) is 17.1 Å². The molecule has 4 aromatic heterocycles. The van der Waals surface area contributed by atoms with E-state index in [2.05, 4.69) is 184 Å². The average molecular weight is 1110 g/mol. The van der Waals surface area contributed by atoms with Gasteiger partial charge >= 0.3 is 0 Å². The molecule has 7 rings (SSSR count). The Morgan fingerprint density at radius 1 is 0.392 bits per heavy atom. The molecule has 7 aromatic rings. The van der Waals surface area contributed by atoms with Crippen LogP contribution in [0.2, 0.25) is 0 Å². The van der Waals surface area contributed by atoms with Crippen molar-refractivity contribution in [1.29, 1.82) is 21.0 Å². The molecule has 0 saturated carbocycles. The molecule has 5 nitrogen and oxygen atoms in total. The summed E-state index contributed by atoms with van der Waals surface area (Å²) in [4.78, 5) is 11.9. The van der Waals surface area contributed by atoms with Crippen LogP contribution >= 0.6 is 45.3 Å². The van der Waals surface area contributed by atoms with Crippen LogP contribution < -0.4 is 4.90 Å². The smallest absolute Gasteiger partial charge is 0.131 e. The molecule has 4 heterocycles. The van der Waals surface area contributed by atoms with E-state index in [0.717, 1.165) is 89.3 Å². The highest BCUT2D eigenvalue weighted by Gasteiger charge is 2.19. The summed E-state index contributed by atoms with van der Waals surface area (Å²) in [7, 11) is 0. The Morgan fingerprint density at radius 3 is 1.24 bits per heavy atom. The maximum atomic E-state index is 9.62. The highest BCUT2D eigenvalue weighted by atomic mass is 32.1. The number of nitriles is 4. The van der Waals surface area contributed by atoms with Crippen LogP contribution in [-0.2, 0) is 25.7 Å². The fourth-order valence-corrected chi connectivity index (χ4v) is 14.6. The van der Waals surface area contributed by atoms with Crippen molar-refractivity contribution < 1.29 is 0 Å². The minimum absolute atomic E-state index is 0.139. The topological polar surface area (TPSA) is 98.4 Å². The van der Waals surface area contributed by atoms with Crippen molar-refractivity contribution in [2.24, 2.45) is 0 Å². The number of hydrogen-bond donors (Lipinski definition) is 0. The van der Waals surface area contributed by atoms with Gasteiger partial charge < -0.3 is 4.90 Å². The van der Waals surface area contributed by atoms with E-state index in [1.165, 1.54) is 129 Å². The highest BCUT2D eigenvalue weighted by molar-refractivity contribution is 7.23. The van der Waals surface area contributed by atoms with Gasteiger partial charge in [-0.2, -0.15) is 21.0 Å². The Bertz CT molecular complexity index is 3290. The molecule has 0 spiro atoms. The number of allylic oxidation sites excluding steroid dienone is 2. The van der Waals surface area contributed by atoms with Crippen molar-refractivity contribution in [3.8, 4) is 43.8 Å². The lowest BCUT2D eigenvalue weighted by atomic mass is 10.0. The quantitative estimate of drug-likeness (QED) is 0.0318. The summed E-state index contributed by atoms with van der Waals surface area (Å²) < 4.78 is 0. The number of nitrogens with zero attached hydrogens (tertiary/aromatic N) is 5. The number of unbranched alkanes of at least 4 members (excludes halogenated alkanes) is 12. The van der Waals surface area contributed by atoms with E-state index in [0.29, 0.717) is 0 Å². The van der Waals surface area contributed by atoms with Gasteiger partial charge in [0.1, 0.15) is 35.4 Å². The molecule has 0 radical (unpaired) electrons. The molecular weight excluding hydrogens is 1040 g/mol. The Hall–Kier alpha value is -6.82. The molecule has 404 valence electrons. The molecule has 79 heavy (non-hydrogen) atoms. The molecule has 9 heteroatoms. The van der Waals surface area contributed by atoms with E-state index in [1.54, 1.807) is 34.8 Å². The van der Waals surface area contributed by atoms with Gasteiger partial charge in [0.25, 0.3) is 0 Å². The summed E-state index contributed by atoms with van der Waals surface area (Å²) in [5, 5.41) is 38.3. The second-order valence-corrected chi connectivity index (χ2v) is 24.7. The summed E-state index contributed by atoms with van der Waals surface area (Å²) in [5.74, 6) is 0. The third-order valence-electron chi connectivity index (χ3n) is 14.2. The summed E-state index contributed by atoms with van der Waals surface area (Å²) in [6.07, 6.45) is 35.7. The zero-order valence-corrected chi connectivity index (χ0v) is 50.1. The molecular formula is C70H75N5S4. The summed E-state index contributed by atoms with van der Waals surface area (Å²) >= 11 is 7.10. The van der Waals surface area contributed by atoms with Crippen LogP contribution in [0.15, 0.2) is 114 Å². The maximum absolute atomic E-state index is 9.62. The molecule has 0 saturated heterocycles. The molecule has 3 aromatic carbocycles. The zero-order valence-electron chi connectivity index (χ0n) is 46.8. The van der Waals surface area contributed by atoms with Gasteiger partial charge in [-0.25, -0.2) is 0 Å². The number of aryl methyl sites for hydroxylation is 4. The highest BCUT2D eigenvalue weighted by Crippen LogP contribution is 2.43. The van der Waals surface area contributed by atoms with Crippen LogP contribution in [0.3, 0.4) is 0 Å². The largest absolute Gasteiger partial charge is 0.311 e. The molecule has 0 N–H and O–H groups in total. The molecule has 0 atom stereocenters. The molecule has 0 amide bonds. The van der Waals surface area contributed by atoms with Gasteiger partial charge in [-0.15, -0.1) is 45.3 Å². The lowest BCUT2D eigenvalue weighted by molar-refractivity contribution is 0.667. The van der Waals surface area contributed by atoms with Gasteiger partial charge in [-0.3, -0.25) is 0 Å². The second kappa shape index (κ2) is 32.3. The lowest BCUT2D eigenvalue weighted by Crippen LogP contribution is -2.09. The van der Waals surface area contributed by atoms with Crippen molar-refractivity contribution in [2.75, 3.05) is 4.90 Å². The molecule has 0 bridgehead atoms. The number of hydrogen-bond acceptors (Lipinski definition) is 9. The number of rotatable bonds is 31. The van der Waals surface area contributed by atoms with Crippen molar-refractivity contribution in [1.82, 2.24) is 0 Å². The van der Waals surface area contributed by atoms with Gasteiger partial charge in [0.15, 0.2) is 0 Å². The van der Waals surface area contributed by atoms with Gasteiger partial charge in [0, 0.05) is 56.1 Å². The fraction of sp³-hybridized carbons (Fsp3) is 0.343. The van der Waals surface area contributed by atoms with Crippen molar-refractivity contribution in [3.63, 3.8) is 0 Å². The average Bonchev–Trinajstić information content (AvgIpc) is 4.33. The number of para-hydroxylation sites is 1. The van der Waals surface area contributed by atoms with E-state index < -0.39 is 0 Å². The van der Waals surface area contributed by atoms with E-state index >= 15 is 0 Å². The SMILES string of the molecule is CCCCCCc1cc(-c2cc(CCCCCC)c(C=C(C#N)C#N)s2)sc1C=Cc1ccc(N(c2ccccc2)c2ccc(/C=C/c3sc(-c4sc(C=C(C#N)C#N)cc4CCCCCC)cc3CCCCCC)cc2)cc1. The first-order valence-corrected chi connectivity index (χ1v) is 32.0. The summed E-state index contributed by atoms with van der Waals surface area (Å²) in [6, 6.07) is 45.9. The van der Waals surface area contributed by atoms with Crippen LogP contribution in [0.25, 0.3) is 56.0 Å². The monoisotopic (exact) mass is 1110 g/mol. The Kier molecular flexibility index (Phi) is 24.5. The Balaban J connectivity index is 1.14. The molecule has 0 aliphatic rings. The van der Waals surface area contributed by atoms with Gasteiger partial charge in [-0.05, 0) is 170 Å². The number of thiophene rings is 4. The Labute approximate surface area is 488 Å². The second-order valence-electron chi connectivity index (χ2n) is 20.3. The van der Waals surface area contributed by atoms with Crippen molar-refractivity contribution in [2.45, 2.75) is 156 Å². The first kappa shape index (κ1) is 59.8. The first-order valence-electron chi connectivity index (χ1n) is 28.8. The minimum atomic E-state index is 0.139. The van der Waals surface area contributed by atoms with E-state index in [9.17, 15) is 21.0 Å². The standard InChI is InChI=1S/C70H75N5S4/c1-5-9-13-18-24-56-45-67(68-46-58(26-20-15-11-7-3)66(79-68)43-55(50-73)51-74)77-64(56)40-34-52-30-36-61(37-31-52)75(60-28-22-17-23-29-60)62-38-32-53(33-39-62)35-41-65-57(25-19-14-10-6-2)47-69(78-65)70-59(27-21-16-12-8-4)44-63(76-70)42-54(48-71)49-72/h17,22-23,28-47H,5-16,18-21,24-27H2,1-4H3/b40-34?,41-35+. The van der Waals surface area contributed by atoms with Gasteiger partial charge in [0.05, 0.1) is 0 Å². The predicted octanol–water partition coefficient (Wildman–Crippen LogP) is 22.4. The van der Waals surface area contributed by atoms with Crippen LogP contribution in [0.5, 0.6) is 0 Å². The summed E-state index contributed by atoms with van der Waals surface area (Å²) in [6.45, 7) is 9.00. The van der Waals surface area contributed by atoms with Crippen LogP contribution in [0.1, 0.15) is 183 Å². The molecule has 0 unspecified atom stereocenters. The molecule has 0 aliphatic heterocycles. The lowest BCUT2D eigenvalue weighted by Gasteiger charge is -2.25. The normalized spacial score (nSPS) is 11.1. The number of benzene rings is 3. The maximum Gasteiger partial charge on any atom is 0.131 e. The van der Waals surface area contributed by atoms with E-state index in [4.69, 9.17) is 0 Å². The fourth-order valence-electron chi connectivity index (χ4n) is 9.85. The van der Waals surface area contributed by atoms with Crippen molar-refractivity contribution in [3.05, 3.63) is 167 Å². The van der Waals surface area contributed by atoms with Crippen molar-refractivity contribution >= 4 is 98.9 Å². The first-order chi connectivity index (χ1) is 38.8. The predicted molar refractivity (Wildman–Crippen MR) is 344 cm³/mol. The van der Waals surface area contributed by atoms with Gasteiger partial charge in [-0.1, -0.05) is 159 Å². The Morgan fingerprint density at radius 2 is 0.785 bits per heavy atom. The summed E-state index contributed by atoms with van der Waals surface area (Å²) in [5.41, 5.74) is 11.1. The molecule has 0 fully saturated rings. The third-order valence-corrected chi connectivity index (χ3v) is 19.1. The molecule has 0 aliphatic carbocycles. The van der Waals surface area contributed by atoms with E-state index in [-0.39, 0.29) is 11.1 Å². The van der Waals surface area contributed by atoms with Crippen LogP contribution in [-0.4, -0.2) is 0 Å².